The number of hydrazone groups is 1. The van der Waals surface area contributed by atoms with Gasteiger partial charge in [-0.25, -0.2) is 5.43 Å². The third-order valence-electron chi connectivity index (χ3n) is 4.96. The summed E-state index contributed by atoms with van der Waals surface area (Å²) in [6.45, 7) is 3.12. The molecule has 0 unspecified atom stereocenters. The first-order valence-electron chi connectivity index (χ1n) is 10.9. The number of benzene rings is 3. The fourth-order valence-corrected chi connectivity index (χ4v) is 4.13. The molecule has 0 saturated heterocycles. The van der Waals surface area contributed by atoms with Crippen LogP contribution >= 0.6 is 23.4 Å². The van der Waals surface area contributed by atoms with E-state index in [9.17, 15) is 9.59 Å². The minimum absolute atomic E-state index is 0.0910. The van der Waals surface area contributed by atoms with Gasteiger partial charge >= 0.3 is 5.97 Å². The molecule has 1 N–H and O–H groups in total. The summed E-state index contributed by atoms with van der Waals surface area (Å²) in [5.74, 6) is 0.507. The molecule has 4 rings (SSSR count). The zero-order valence-corrected chi connectivity index (χ0v) is 21.1. The van der Waals surface area contributed by atoms with Gasteiger partial charge in [-0.15, -0.1) is 10.2 Å². The van der Waals surface area contributed by atoms with Crippen molar-refractivity contribution in [2.45, 2.75) is 19.0 Å². The average Bonchev–Trinajstić information content (AvgIpc) is 3.31. The summed E-state index contributed by atoms with van der Waals surface area (Å²) in [7, 11) is 0. The second-order valence-electron chi connectivity index (χ2n) is 7.62. The summed E-state index contributed by atoms with van der Waals surface area (Å²) in [5, 5.41) is 14.1. The molecule has 10 heteroatoms. The molecule has 3 aromatic carbocycles. The lowest BCUT2D eigenvalue weighted by atomic mass is 10.1. The lowest BCUT2D eigenvalue weighted by molar-refractivity contribution is -0.131. The molecule has 0 saturated carbocycles. The zero-order valence-electron chi connectivity index (χ0n) is 19.5. The van der Waals surface area contributed by atoms with E-state index >= 15 is 0 Å². The van der Waals surface area contributed by atoms with Crippen LogP contribution in [0.5, 0.6) is 5.75 Å². The Hall–Kier alpha value is -3.95. The molecular formula is C26H22ClN5O3S. The van der Waals surface area contributed by atoms with Crippen molar-refractivity contribution in [2.24, 2.45) is 5.10 Å². The van der Waals surface area contributed by atoms with Gasteiger partial charge in [0, 0.05) is 23.2 Å². The maximum absolute atomic E-state index is 12.5. The van der Waals surface area contributed by atoms with Crippen molar-refractivity contribution >= 4 is 41.0 Å². The van der Waals surface area contributed by atoms with Gasteiger partial charge in [0.1, 0.15) is 5.75 Å². The van der Waals surface area contributed by atoms with Crippen molar-refractivity contribution in [3.63, 3.8) is 0 Å². The highest BCUT2D eigenvalue weighted by molar-refractivity contribution is 7.99. The van der Waals surface area contributed by atoms with E-state index in [4.69, 9.17) is 16.3 Å². The smallest absolute Gasteiger partial charge is 0.308 e. The van der Waals surface area contributed by atoms with E-state index in [2.05, 4.69) is 20.7 Å². The van der Waals surface area contributed by atoms with Crippen LogP contribution in [0.15, 0.2) is 89.1 Å². The number of rotatable bonds is 8. The van der Waals surface area contributed by atoms with Crippen molar-refractivity contribution in [2.75, 3.05) is 5.75 Å². The van der Waals surface area contributed by atoms with Crippen LogP contribution in [0.1, 0.15) is 19.4 Å². The standard InChI is InChI=1S/C26H22ClN5O3S/c1-17(19-10-14-23(15-11-19)35-18(2)33)28-29-24(34)16-36-26-31-30-25(20-8-12-21(27)13-9-20)32(26)22-6-4-3-5-7-22/h3-15H,16H2,1-2H3,(H,29,34)/b28-17+. The minimum Gasteiger partial charge on any atom is -0.427 e. The first-order valence-corrected chi connectivity index (χ1v) is 12.3. The first-order chi connectivity index (χ1) is 17.4. The lowest BCUT2D eigenvalue weighted by Crippen LogP contribution is -2.21. The van der Waals surface area contributed by atoms with Crippen LogP contribution in [0.4, 0.5) is 0 Å². The first kappa shape index (κ1) is 25.2. The van der Waals surface area contributed by atoms with Gasteiger partial charge < -0.3 is 4.74 Å². The van der Waals surface area contributed by atoms with Crippen LogP contribution in [-0.4, -0.2) is 38.1 Å². The molecule has 4 aromatic rings. The van der Waals surface area contributed by atoms with E-state index < -0.39 is 0 Å². The lowest BCUT2D eigenvalue weighted by Gasteiger charge is -2.10. The van der Waals surface area contributed by atoms with Gasteiger partial charge in [0.05, 0.1) is 11.5 Å². The van der Waals surface area contributed by atoms with Crippen molar-refractivity contribution in [3.05, 3.63) is 89.4 Å². The molecule has 8 nitrogen and oxygen atoms in total. The normalized spacial score (nSPS) is 11.2. The summed E-state index contributed by atoms with van der Waals surface area (Å²) in [4.78, 5) is 23.6. The molecule has 0 atom stereocenters. The van der Waals surface area contributed by atoms with Gasteiger partial charge in [-0.1, -0.05) is 41.6 Å². The van der Waals surface area contributed by atoms with Crippen LogP contribution in [-0.2, 0) is 9.59 Å². The van der Waals surface area contributed by atoms with Gasteiger partial charge in [0.2, 0.25) is 0 Å². The Morgan fingerprint density at radius 3 is 2.33 bits per heavy atom. The van der Waals surface area contributed by atoms with E-state index in [0.29, 0.717) is 27.5 Å². The predicted octanol–water partition coefficient (Wildman–Crippen LogP) is 5.15. The molecule has 0 radical (unpaired) electrons. The Morgan fingerprint density at radius 2 is 1.67 bits per heavy atom. The van der Waals surface area contributed by atoms with Crippen LogP contribution in [0.2, 0.25) is 5.02 Å². The number of ether oxygens (including phenoxy) is 1. The van der Waals surface area contributed by atoms with Crippen molar-refractivity contribution in [1.29, 1.82) is 0 Å². The van der Waals surface area contributed by atoms with Gasteiger partial charge in [-0.05, 0) is 73.2 Å². The summed E-state index contributed by atoms with van der Waals surface area (Å²) in [6.07, 6.45) is 0. The second kappa shape index (κ2) is 11.7. The van der Waals surface area contributed by atoms with Crippen molar-refractivity contribution in [3.8, 4) is 22.8 Å². The largest absolute Gasteiger partial charge is 0.427 e. The number of carbonyl (C=O) groups is 2. The summed E-state index contributed by atoms with van der Waals surface area (Å²) >= 11 is 7.30. The van der Waals surface area contributed by atoms with Crippen LogP contribution in [0, 0.1) is 0 Å². The fraction of sp³-hybridized carbons (Fsp3) is 0.115. The quantitative estimate of drug-likeness (QED) is 0.114. The Balaban J connectivity index is 1.45. The number of aromatic nitrogens is 3. The number of carbonyl (C=O) groups excluding carboxylic acids is 2. The van der Waals surface area contributed by atoms with Crippen LogP contribution in [0.25, 0.3) is 17.1 Å². The maximum atomic E-state index is 12.5. The number of para-hydroxylation sites is 1. The molecule has 0 spiro atoms. The number of thioether (sulfide) groups is 1. The van der Waals surface area contributed by atoms with E-state index in [1.165, 1.54) is 18.7 Å². The molecule has 36 heavy (non-hydrogen) atoms. The van der Waals surface area contributed by atoms with Gasteiger partial charge in [-0.3, -0.25) is 14.2 Å². The number of nitrogens with one attached hydrogen (secondary N) is 1. The molecule has 0 aliphatic carbocycles. The van der Waals surface area contributed by atoms with E-state index in [0.717, 1.165) is 16.8 Å². The number of hydrogen-bond acceptors (Lipinski definition) is 7. The molecule has 0 bridgehead atoms. The predicted molar refractivity (Wildman–Crippen MR) is 141 cm³/mol. The monoisotopic (exact) mass is 519 g/mol. The highest BCUT2D eigenvalue weighted by Gasteiger charge is 2.17. The molecule has 1 heterocycles. The SMILES string of the molecule is CC(=O)Oc1ccc(/C(C)=N/NC(=O)CSc2nnc(-c3ccc(Cl)cc3)n2-c2ccccc2)cc1. The number of hydrogen-bond donors (Lipinski definition) is 1. The number of halogens is 1. The van der Waals surface area contributed by atoms with Crippen molar-refractivity contribution < 1.29 is 14.3 Å². The summed E-state index contributed by atoms with van der Waals surface area (Å²) < 4.78 is 6.93. The Morgan fingerprint density at radius 1 is 0.972 bits per heavy atom. The Bertz CT molecular complexity index is 1390. The number of nitrogens with zero attached hydrogens (tertiary/aromatic N) is 4. The van der Waals surface area contributed by atoms with Gasteiger partial charge in [0.25, 0.3) is 5.91 Å². The van der Waals surface area contributed by atoms with Gasteiger partial charge in [-0.2, -0.15) is 5.10 Å². The van der Waals surface area contributed by atoms with Crippen LogP contribution < -0.4 is 10.2 Å². The molecule has 1 aromatic heterocycles. The van der Waals surface area contributed by atoms with E-state index in [1.807, 2.05) is 47.0 Å². The minimum atomic E-state index is -0.388. The molecule has 0 fully saturated rings. The van der Waals surface area contributed by atoms with E-state index in [-0.39, 0.29) is 17.6 Å². The molecular weight excluding hydrogens is 498 g/mol. The average molecular weight is 520 g/mol. The summed E-state index contributed by atoms with van der Waals surface area (Å²) in [6, 6.07) is 23.9. The number of amides is 1. The Labute approximate surface area is 217 Å². The molecule has 0 aliphatic heterocycles. The fourth-order valence-electron chi connectivity index (χ4n) is 3.26. The van der Waals surface area contributed by atoms with Crippen molar-refractivity contribution in [1.82, 2.24) is 20.2 Å². The highest BCUT2D eigenvalue weighted by atomic mass is 35.5. The van der Waals surface area contributed by atoms with E-state index in [1.54, 1.807) is 43.3 Å². The Kier molecular flexibility index (Phi) is 8.14. The number of esters is 1. The van der Waals surface area contributed by atoms with Gasteiger partial charge in [0.15, 0.2) is 11.0 Å². The second-order valence-corrected chi connectivity index (χ2v) is 9.00. The highest BCUT2D eigenvalue weighted by Crippen LogP contribution is 2.28. The topological polar surface area (TPSA) is 98.5 Å². The van der Waals surface area contributed by atoms with Crippen LogP contribution in [0.3, 0.4) is 0 Å². The molecule has 0 aliphatic rings. The molecule has 1 amide bonds. The maximum Gasteiger partial charge on any atom is 0.308 e. The summed E-state index contributed by atoms with van der Waals surface area (Å²) in [5.41, 5.74) is 5.70. The zero-order chi connectivity index (χ0) is 25.5. The third-order valence-corrected chi connectivity index (χ3v) is 6.15. The third kappa shape index (κ3) is 6.38. The molecule has 182 valence electrons.